The van der Waals surface area contributed by atoms with E-state index < -0.39 is 0 Å². The lowest BCUT2D eigenvalue weighted by Gasteiger charge is -2.22. The first kappa shape index (κ1) is 14.9. The summed E-state index contributed by atoms with van der Waals surface area (Å²) in [5, 5.41) is 0. The van der Waals surface area contributed by atoms with E-state index in [9.17, 15) is 0 Å². The van der Waals surface area contributed by atoms with Crippen LogP contribution in [0, 0.1) is 11.6 Å². The van der Waals surface area contributed by atoms with E-state index in [1.165, 1.54) is 0 Å². The number of hydrogen-bond acceptors (Lipinski definition) is 4. The van der Waals surface area contributed by atoms with Gasteiger partial charge in [-0.25, -0.2) is 4.98 Å². The summed E-state index contributed by atoms with van der Waals surface area (Å²) in [5.74, 6) is 3.08. The van der Waals surface area contributed by atoms with Gasteiger partial charge >= 0.3 is 0 Å². The summed E-state index contributed by atoms with van der Waals surface area (Å²) in [7, 11) is 1.65. The zero-order valence-electron chi connectivity index (χ0n) is 13.4. The number of nitrogens with zero attached hydrogens (tertiary/aromatic N) is 1. The highest BCUT2D eigenvalue weighted by Crippen LogP contribution is 2.38. The van der Waals surface area contributed by atoms with Gasteiger partial charge in [0.25, 0.3) is 0 Å². The van der Waals surface area contributed by atoms with Crippen molar-refractivity contribution in [2.45, 2.75) is 13.3 Å². The third-order valence-electron chi connectivity index (χ3n) is 4.21. The summed E-state index contributed by atoms with van der Waals surface area (Å²) in [5.41, 5.74) is 4.12. The SMILES string of the molecule is COc1ccc(-c2nc(=S)c3c([nH]2)Oc2c(C)cccc2C3)cc1. The molecule has 4 rings (SSSR count). The van der Waals surface area contributed by atoms with Crippen LogP contribution in [0.25, 0.3) is 11.4 Å². The Labute approximate surface area is 145 Å². The van der Waals surface area contributed by atoms with E-state index in [4.69, 9.17) is 21.7 Å². The summed E-state index contributed by atoms with van der Waals surface area (Å²) < 4.78 is 11.9. The van der Waals surface area contributed by atoms with Crippen LogP contribution in [0.2, 0.25) is 0 Å². The Morgan fingerprint density at radius 2 is 1.96 bits per heavy atom. The molecule has 0 spiro atoms. The van der Waals surface area contributed by atoms with Crippen LogP contribution in [0.4, 0.5) is 0 Å². The molecular formula is C19H16N2O2S. The summed E-state index contributed by atoms with van der Waals surface area (Å²) >= 11 is 5.50. The molecule has 4 nitrogen and oxygen atoms in total. The summed E-state index contributed by atoms with van der Waals surface area (Å²) in [6, 6.07) is 13.8. The lowest BCUT2D eigenvalue weighted by atomic mass is 10.0. The lowest BCUT2D eigenvalue weighted by molar-refractivity contribution is 0.415. The van der Waals surface area contributed by atoms with Crippen molar-refractivity contribution in [3.05, 3.63) is 63.8 Å². The van der Waals surface area contributed by atoms with Gasteiger partial charge in [-0.3, -0.25) is 0 Å². The average molecular weight is 336 g/mol. The number of fused-ring (bicyclic) bond motifs is 2. The van der Waals surface area contributed by atoms with Crippen molar-refractivity contribution >= 4 is 12.2 Å². The van der Waals surface area contributed by atoms with Crippen LogP contribution >= 0.6 is 12.2 Å². The molecule has 1 aliphatic heterocycles. The fraction of sp³-hybridized carbons (Fsp3) is 0.158. The van der Waals surface area contributed by atoms with E-state index in [-0.39, 0.29) is 0 Å². The molecular weight excluding hydrogens is 320 g/mol. The molecule has 0 saturated heterocycles. The highest BCUT2D eigenvalue weighted by Gasteiger charge is 2.21. The summed E-state index contributed by atoms with van der Waals surface area (Å²) in [6.45, 7) is 2.05. The second-order valence-corrected chi connectivity index (χ2v) is 6.16. The van der Waals surface area contributed by atoms with Crippen molar-refractivity contribution < 1.29 is 9.47 Å². The quantitative estimate of drug-likeness (QED) is 0.533. The molecule has 2 heterocycles. The van der Waals surface area contributed by atoms with Crippen LogP contribution < -0.4 is 9.47 Å². The standard InChI is InChI=1S/C19H16N2O2S/c1-11-4-3-5-13-10-15-18(23-16(11)13)20-17(21-19(15)24)12-6-8-14(22-2)9-7-12/h3-9H,10H2,1-2H3,(H,20,21,24). The first-order chi connectivity index (χ1) is 11.7. The van der Waals surface area contributed by atoms with Gasteiger partial charge in [0, 0.05) is 12.0 Å². The Balaban J connectivity index is 1.79. The minimum Gasteiger partial charge on any atom is -0.497 e. The number of hydrogen-bond donors (Lipinski definition) is 1. The van der Waals surface area contributed by atoms with Crippen LogP contribution in [0.3, 0.4) is 0 Å². The van der Waals surface area contributed by atoms with Crippen molar-refractivity contribution in [3.63, 3.8) is 0 Å². The molecule has 0 saturated carbocycles. The monoisotopic (exact) mass is 336 g/mol. The number of ether oxygens (including phenoxy) is 2. The number of para-hydroxylation sites is 1. The molecule has 0 radical (unpaired) electrons. The molecule has 1 N–H and O–H groups in total. The molecule has 0 bridgehead atoms. The largest absolute Gasteiger partial charge is 0.497 e. The Kier molecular flexibility index (Phi) is 3.58. The number of aryl methyl sites for hydroxylation is 1. The van der Waals surface area contributed by atoms with Crippen LogP contribution in [0.1, 0.15) is 16.7 Å². The van der Waals surface area contributed by atoms with Gasteiger partial charge in [-0.15, -0.1) is 0 Å². The van der Waals surface area contributed by atoms with E-state index in [0.717, 1.165) is 40.2 Å². The molecule has 0 atom stereocenters. The number of rotatable bonds is 2. The first-order valence-corrected chi connectivity index (χ1v) is 8.10. The van der Waals surface area contributed by atoms with E-state index >= 15 is 0 Å². The minimum atomic E-state index is 0.571. The molecule has 0 unspecified atom stereocenters. The zero-order valence-corrected chi connectivity index (χ0v) is 14.2. The Morgan fingerprint density at radius 3 is 2.71 bits per heavy atom. The predicted octanol–water partition coefficient (Wildman–Crippen LogP) is 4.82. The van der Waals surface area contributed by atoms with Gasteiger partial charge < -0.3 is 14.5 Å². The summed E-state index contributed by atoms with van der Waals surface area (Å²) in [6.07, 6.45) is 0.734. The van der Waals surface area contributed by atoms with Gasteiger partial charge in [0.1, 0.15) is 22.0 Å². The summed E-state index contributed by atoms with van der Waals surface area (Å²) in [4.78, 5) is 7.83. The molecule has 1 aromatic heterocycles. The highest BCUT2D eigenvalue weighted by molar-refractivity contribution is 7.71. The van der Waals surface area contributed by atoms with Crippen LogP contribution in [-0.4, -0.2) is 17.1 Å². The molecule has 3 aromatic rings. The Morgan fingerprint density at radius 1 is 1.17 bits per heavy atom. The molecule has 0 aliphatic carbocycles. The number of nitrogens with one attached hydrogen (secondary N) is 1. The lowest BCUT2D eigenvalue weighted by Crippen LogP contribution is -2.08. The third-order valence-corrected chi connectivity index (χ3v) is 4.54. The maximum absolute atomic E-state index is 6.11. The van der Waals surface area contributed by atoms with Gasteiger partial charge in [0.2, 0.25) is 5.88 Å². The molecule has 0 fully saturated rings. The number of H-pyrrole nitrogens is 1. The van der Waals surface area contributed by atoms with Crippen LogP contribution in [0.15, 0.2) is 42.5 Å². The number of benzene rings is 2. The average Bonchev–Trinajstić information content (AvgIpc) is 2.61. The maximum Gasteiger partial charge on any atom is 0.205 e. The molecule has 120 valence electrons. The fourth-order valence-electron chi connectivity index (χ4n) is 2.90. The molecule has 1 aliphatic rings. The van der Waals surface area contributed by atoms with Crippen molar-refractivity contribution in [1.82, 2.24) is 9.97 Å². The molecule has 0 amide bonds. The Bertz CT molecular complexity index is 978. The number of aromatic amines is 1. The van der Waals surface area contributed by atoms with Crippen molar-refractivity contribution in [3.8, 4) is 28.8 Å². The normalized spacial score (nSPS) is 12.1. The Hall–Kier alpha value is -2.66. The second-order valence-electron chi connectivity index (χ2n) is 5.77. The van der Waals surface area contributed by atoms with Gasteiger partial charge in [-0.2, -0.15) is 0 Å². The molecule has 2 aromatic carbocycles. The second kappa shape index (κ2) is 5.76. The van der Waals surface area contributed by atoms with Crippen molar-refractivity contribution in [1.29, 1.82) is 0 Å². The van der Waals surface area contributed by atoms with Gasteiger partial charge in [0.15, 0.2) is 0 Å². The fourth-order valence-corrected chi connectivity index (χ4v) is 3.15. The zero-order chi connectivity index (χ0) is 16.7. The first-order valence-electron chi connectivity index (χ1n) is 7.69. The van der Waals surface area contributed by atoms with Gasteiger partial charge in [-0.1, -0.05) is 30.4 Å². The third kappa shape index (κ3) is 2.47. The van der Waals surface area contributed by atoms with Gasteiger partial charge in [0.05, 0.1) is 12.7 Å². The maximum atomic E-state index is 6.11. The van der Waals surface area contributed by atoms with E-state index in [2.05, 4.69) is 16.0 Å². The van der Waals surface area contributed by atoms with E-state index in [1.807, 2.05) is 43.3 Å². The topological polar surface area (TPSA) is 47.1 Å². The predicted molar refractivity (Wildman–Crippen MR) is 95.5 cm³/mol. The number of aromatic nitrogens is 2. The minimum absolute atomic E-state index is 0.571. The highest BCUT2D eigenvalue weighted by atomic mass is 32.1. The van der Waals surface area contributed by atoms with Crippen LogP contribution in [-0.2, 0) is 6.42 Å². The van der Waals surface area contributed by atoms with Gasteiger partial charge in [-0.05, 0) is 42.3 Å². The van der Waals surface area contributed by atoms with E-state index in [0.29, 0.717) is 16.3 Å². The molecule has 24 heavy (non-hydrogen) atoms. The van der Waals surface area contributed by atoms with Crippen LogP contribution in [0.5, 0.6) is 17.4 Å². The number of methoxy groups -OCH3 is 1. The molecule has 5 heteroatoms. The smallest absolute Gasteiger partial charge is 0.205 e. The van der Waals surface area contributed by atoms with Crippen molar-refractivity contribution in [2.24, 2.45) is 0 Å². The van der Waals surface area contributed by atoms with E-state index in [1.54, 1.807) is 7.11 Å². The van der Waals surface area contributed by atoms with Crippen molar-refractivity contribution in [2.75, 3.05) is 7.11 Å².